The molecule has 1 aromatic rings. The van der Waals surface area contributed by atoms with Gasteiger partial charge in [-0.2, -0.15) is 0 Å². The topological polar surface area (TPSA) is 82.2 Å². The summed E-state index contributed by atoms with van der Waals surface area (Å²) in [5.41, 5.74) is 0.973. The van der Waals surface area contributed by atoms with Crippen molar-refractivity contribution in [2.75, 3.05) is 40.8 Å². The lowest BCUT2D eigenvalue weighted by Gasteiger charge is -2.35. The van der Waals surface area contributed by atoms with Gasteiger partial charge >= 0.3 is 6.03 Å². The highest BCUT2D eigenvalue weighted by Gasteiger charge is 2.42. The third kappa shape index (κ3) is 4.37. The maximum atomic E-state index is 12.8. The second kappa shape index (κ2) is 8.50. The Labute approximate surface area is 165 Å². The van der Waals surface area contributed by atoms with E-state index in [1.165, 1.54) is 4.90 Å². The van der Waals surface area contributed by atoms with Crippen molar-refractivity contribution in [1.82, 2.24) is 20.0 Å². The van der Waals surface area contributed by atoms with Gasteiger partial charge in [0.05, 0.1) is 13.0 Å². The molecular weight excluding hydrogens is 360 g/mol. The zero-order chi connectivity index (χ0) is 20.3. The maximum absolute atomic E-state index is 12.8. The first kappa shape index (κ1) is 20.0. The molecule has 3 fully saturated rings. The third-order valence-corrected chi connectivity index (χ3v) is 5.49. The molecule has 8 nitrogen and oxygen atoms in total. The van der Waals surface area contributed by atoms with E-state index in [2.05, 4.69) is 5.32 Å². The van der Waals surface area contributed by atoms with Gasteiger partial charge < -0.3 is 24.8 Å². The molecule has 3 aliphatic rings. The quantitative estimate of drug-likeness (QED) is 0.813. The first-order valence-corrected chi connectivity index (χ1v) is 9.55. The van der Waals surface area contributed by atoms with E-state index in [1.54, 1.807) is 31.0 Å². The lowest BCUT2D eigenvalue weighted by molar-refractivity contribution is -0.145. The Morgan fingerprint density at radius 2 is 1.89 bits per heavy atom. The number of amides is 4. The molecule has 0 aliphatic carbocycles. The maximum Gasteiger partial charge on any atom is 0.317 e. The highest BCUT2D eigenvalue weighted by molar-refractivity contribution is 5.87. The van der Waals surface area contributed by atoms with E-state index in [1.807, 2.05) is 24.3 Å². The zero-order valence-electron chi connectivity index (χ0n) is 16.7. The molecule has 0 aromatic heterocycles. The number of hydrogen-bond donors (Lipinski definition) is 1. The molecule has 0 unspecified atom stereocenters. The minimum Gasteiger partial charge on any atom is -0.497 e. The molecule has 2 bridgehead atoms. The van der Waals surface area contributed by atoms with Crippen molar-refractivity contribution in [3.8, 4) is 5.75 Å². The number of nitrogens with zero attached hydrogens (tertiary/aromatic N) is 3. The summed E-state index contributed by atoms with van der Waals surface area (Å²) in [6.45, 7) is 1.34. The Bertz CT molecular complexity index is 734. The van der Waals surface area contributed by atoms with Gasteiger partial charge in [0.1, 0.15) is 12.3 Å². The number of fused-ring (bicyclic) bond motifs is 4. The van der Waals surface area contributed by atoms with Gasteiger partial charge in [0, 0.05) is 39.8 Å². The van der Waals surface area contributed by atoms with Crippen LogP contribution >= 0.6 is 0 Å². The molecule has 2 atom stereocenters. The molecule has 4 amide bonds. The Morgan fingerprint density at radius 3 is 2.54 bits per heavy atom. The number of carbonyl (C=O) groups is 3. The molecule has 3 heterocycles. The first-order valence-electron chi connectivity index (χ1n) is 9.55. The van der Waals surface area contributed by atoms with Gasteiger partial charge in [0.15, 0.2) is 0 Å². The highest BCUT2D eigenvalue weighted by Crippen LogP contribution is 2.29. The lowest BCUT2D eigenvalue weighted by Crippen LogP contribution is -2.51. The molecule has 28 heavy (non-hydrogen) atoms. The monoisotopic (exact) mass is 388 g/mol. The SMILES string of the molecule is COc1ccc(CNC(=O)N2C[C@@H]3CC[C@H](C2)N(CC(=O)N(C)C)C3=O)cc1. The number of urea groups is 1. The zero-order valence-corrected chi connectivity index (χ0v) is 16.7. The largest absolute Gasteiger partial charge is 0.497 e. The predicted molar refractivity (Wildman–Crippen MR) is 104 cm³/mol. The van der Waals surface area contributed by atoms with Crippen LogP contribution in [0.3, 0.4) is 0 Å². The van der Waals surface area contributed by atoms with E-state index >= 15 is 0 Å². The number of rotatable bonds is 5. The summed E-state index contributed by atoms with van der Waals surface area (Å²) < 4.78 is 5.14. The fourth-order valence-electron chi connectivity index (χ4n) is 3.73. The van der Waals surface area contributed by atoms with Crippen molar-refractivity contribution in [3.63, 3.8) is 0 Å². The van der Waals surface area contributed by atoms with Gasteiger partial charge in [-0.05, 0) is 30.5 Å². The number of piperidine rings is 1. The summed E-state index contributed by atoms with van der Waals surface area (Å²) >= 11 is 0. The molecule has 0 radical (unpaired) electrons. The van der Waals surface area contributed by atoms with E-state index in [4.69, 9.17) is 4.74 Å². The second-order valence-electron chi connectivity index (χ2n) is 7.59. The number of likely N-dealkylation sites (N-methyl/N-ethyl adjacent to an activating group) is 1. The van der Waals surface area contributed by atoms with Gasteiger partial charge in [-0.1, -0.05) is 12.1 Å². The summed E-state index contributed by atoms with van der Waals surface area (Å²) in [4.78, 5) is 42.4. The van der Waals surface area contributed by atoms with Crippen LogP contribution in [0.4, 0.5) is 4.79 Å². The standard InChI is InChI=1S/C20H28N4O4/c1-22(2)18(25)13-24-16-7-6-15(19(24)26)11-23(12-16)20(27)21-10-14-4-8-17(28-3)9-5-14/h4-5,8-9,15-16H,6-7,10-13H2,1-3H3,(H,21,27)/t15-,16+/m0/s1. The van der Waals surface area contributed by atoms with Crippen LogP contribution in [-0.4, -0.2) is 79.4 Å². The molecule has 152 valence electrons. The van der Waals surface area contributed by atoms with Crippen molar-refractivity contribution in [1.29, 1.82) is 0 Å². The van der Waals surface area contributed by atoms with Crippen molar-refractivity contribution in [2.45, 2.75) is 25.4 Å². The Hall–Kier alpha value is -2.77. The van der Waals surface area contributed by atoms with Gasteiger partial charge in [0.2, 0.25) is 11.8 Å². The molecule has 3 saturated heterocycles. The minimum atomic E-state index is -0.236. The average Bonchev–Trinajstić information content (AvgIpc) is 2.99. The Kier molecular flexibility index (Phi) is 6.06. The molecular formula is C20H28N4O4. The number of nitrogens with one attached hydrogen (secondary N) is 1. The third-order valence-electron chi connectivity index (χ3n) is 5.49. The number of hydrogen-bond acceptors (Lipinski definition) is 4. The van der Waals surface area contributed by atoms with Gasteiger partial charge in [-0.25, -0.2) is 4.79 Å². The normalized spacial score (nSPS) is 21.3. The number of methoxy groups -OCH3 is 1. The van der Waals surface area contributed by atoms with Crippen molar-refractivity contribution in [2.24, 2.45) is 5.92 Å². The van der Waals surface area contributed by atoms with Gasteiger partial charge in [-0.3, -0.25) is 9.59 Å². The lowest BCUT2D eigenvalue weighted by atomic mass is 9.94. The van der Waals surface area contributed by atoms with Gasteiger partial charge in [0.25, 0.3) is 0 Å². The molecule has 0 saturated carbocycles. The van der Waals surface area contributed by atoms with Crippen molar-refractivity contribution < 1.29 is 19.1 Å². The van der Waals surface area contributed by atoms with Crippen LogP contribution in [0.5, 0.6) is 5.75 Å². The second-order valence-corrected chi connectivity index (χ2v) is 7.59. The van der Waals surface area contributed by atoms with Crippen LogP contribution in [-0.2, 0) is 16.1 Å². The van der Waals surface area contributed by atoms with E-state index in [-0.39, 0.29) is 36.3 Å². The molecule has 8 heteroatoms. The summed E-state index contributed by atoms with van der Waals surface area (Å²) in [6, 6.07) is 7.23. The van der Waals surface area contributed by atoms with E-state index in [9.17, 15) is 14.4 Å². The predicted octanol–water partition coefficient (Wildman–Crippen LogP) is 0.916. The Morgan fingerprint density at radius 1 is 1.18 bits per heavy atom. The van der Waals surface area contributed by atoms with Crippen LogP contribution in [0.2, 0.25) is 0 Å². The summed E-state index contributed by atoms with van der Waals surface area (Å²) in [6.07, 6.45) is 1.58. The van der Waals surface area contributed by atoms with Crippen LogP contribution in [0, 0.1) is 5.92 Å². The van der Waals surface area contributed by atoms with Crippen molar-refractivity contribution in [3.05, 3.63) is 29.8 Å². The first-order chi connectivity index (χ1) is 13.4. The van der Waals surface area contributed by atoms with Crippen LogP contribution < -0.4 is 10.1 Å². The summed E-state index contributed by atoms with van der Waals surface area (Å²) in [7, 11) is 4.98. The number of benzene rings is 1. The van der Waals surface area contributed by atoms with Crippen LogP contribution in [0.15, 0.2) is 24.3 Å². The van der Waals surface area contributed by atoms with Crippen LogP contribution in [0.25, 0.3) is 0 Å². The highest BCUT2D eigenvalue weighted by atomic mass is 16.5. The fourth-order valence-corrected chi connectivity index (χ4v) is 3.73. The Balaban J connectivity index is 1.61. The summed E-state index contributed by atoms with van der Waals surface area (Å²) in [5.74, 6) is 0.416. The molecule has 0 spiro atoms. The van der Waals surface area contributed by atoms with E-state index < -0.39 is 0 Å². The summed E-state index contributed by atoms with van der Waals surface area (Å²) in [5, 5.41) is 2.93. The fraction of sp³-hybridized carbons (Fsp3) is 0.550. The molecule has 1 N–H and O–H groups in total. The van der Waals surface area contributed by atoms with Gasteiger partial charge in [-0.15, -0.1) is 0 Å². The minimum absolute atomic E-state index is 0.0168. The van der Waals surface area contributed by atoms with E-state index in [0.717, 1.165) is 24.2 Å². The molecule has 4 rings (SSSR count). The molecule has 3 aliphatic heterocycles. The average molecular weight is 388 g/mol. The van der Waals surface area contributed by atoms with Crippen molar-refractivity contribution >= 4 is 17.8 Å². The number of ether oxygens (including phenoxy) is 1. The number of carbonyl (C=O) groups excluding carboxylic acids is 3. The van der Waals surface area contributed by atoms with Crippen LogP contribution in [0.1, 0.15) is 18.4 Å². The smallest absolute Gasteiger partial charge is 0.317 e. The van der Waals surface area contributed by atoms with E-state index in [0.29, 0.717) is 19.6 Å². The molecule has 1 aromatic carbocycles.